The van der Waals surface area contributed by atoms with Crippen LogP contribution in [0.15, 0.2) is 18.2 Å². The largest absolute Gasteiger partial charge is 0.483 e. The van der Waals surface area contributed by atoms with Gasteiger partial charge in [-0.15, -0.1) is 0 Å². The molecule has 0 radical (unpaired) electrons. The molecule has 3 nitrogen and oxygen atoms in total. The zero-order valence-electron chi connectivity index (χ0n) is 13.1. The van der Waals surface area contributed by atoms with Crippen LogP contribution in [-0.2, 0) is 17.6 Å². The van der Waals surface area contributed by atoms with E-state index in [1.165, 1.54) is 49.7 Å². The van der Waals surface area contributed by atoms with E-state index in [0.717, 1.165) is 30.4 Å². The molecule has 1 aromatic carbocycles. The van der Waals surface area contributed by atoms with Gasteiger partial charge >= 0.3 is 0 Å². The lowest BCUT2D eigenvalue weighted by molar-refractivity contribution is -0.124. The second-order valence-electron chi connectivity index (χ2n) is 7.24. The Balaban J connectivity index is 1.34. The van der Waals surface area contributed by atoms with Crippen molar-refractivity contribution in [2.45, 2.75) is 57.4 Å². The van der Waals surface area contributed by atoms with E-state index < -0.39 is 0 Å². The van der Waals surface area contributed by atoms with Crippen LogP contribution in [0.1, 0.15) is 49.7 Å². The predicted octanol–water partition coefficient (Wildman–Crippen LogP) is 3.25. The Bertz CT molecular complexity index is 569. The Morgan fingerprint density at radius 1 is 1.18 bits per heavy atom. The zero-order valence-corrected chi connectivity index (χ0v) is 13.1. The van der Waals surface area contributed by atoms with Crippen molar-refractivity contribution >= 4 is 5.91 Å². The molecule has 2 saturated carbocycles. The van der Waals surface area contributed by atoms with E-state index in [9.17, 15) is 4.79 Å². The minimum Gasteiger partial charge on any atom is -0.483 e. The molecule has 0 unspecified atom stereocenters. The summed E-state index contributed by atoms with van der Waals surface area (Å²) in [6.07, 6.45) is 9.87. The van der Waals surface area contributed by atoms with Gasteiger partial charge in [0.15, 0.2) is 6.61 Å². The molecular weight excluding hydrogens is 274 g/mol. The number of benzene rings is 1. The topological polar surface area (TPSA) is 38.3 Å². The van der Waals surface area contributed by atoms with E-state index >= 15 is 0 Å². The number of ether oxygens (including phenoxy) is 1. The number of carbonyl (C=O) groups excluding carboxylic acids is 1. The second-order valence-corrected chi connectivity index (χ2v) is 7.24. The first-order valence-electron chi connectivity index (χ1n) is 8.82. The molecule has 118 valence electrons. The molecule has 1 aromatic rings. The van der Waals surface area contributed by atoms with Gasteiger partial charge in [-0.3, -0.25) is 4.79 Å². The van der Waals surface area contributed by atoms with Crippen LogP contribution in [0.5, 0.6) is 5.75 Å². The van der Waals surface area contributed by atoms with Crippen molar-refractivity contribution in [3.8, 4) is 5.75 Å². The van der Waals surface area contributed by atoms with Gasteiger partial charge in [0.05, 0.1) is 0 Å². The molecule has 4 rings (SSSR count). The maximum absolute atomic E-state index is 12.2. The van der Waals surface area contributed by atoms with E-state index in [0.29, 0.717) is 6.04 Å². The first kappa shape index (κ1) is 14.1. The fourth-order valence-corrected chi connectivity index (χ4v) is 4.69. The summed E-state index contributed by atoms with van der Waals surface area (Å²) in [5.41, 5.74) is 2.72. The summed E-state index contributed by atoms with van der Waals surface area (Å²) in [5.74, 6) is 2.54. The number of carbonyl (C=O) groups is 1. The quantitative estimate of drug-likeness (QED) is 0.927. The van der Waals surface area contributed by atoms with E-state index in [-0.39, 0.29) is 12.5 Å². The van der Waals surface area contributed by atoms with Gasteiger partial charge in [0.25, 0.3) is 5.91 Å². The Morgan fingerprint density at radius 3 is 2.91 bits per heavy atom. The van der Waals surface area contributed by atoms with Gasteiger partial charge in [-0.25, -0.2) is 0 Å². The highest BCUT2D eigenvalue weighted by Gasteiger charge is 2.40. The normalized spacial score (nSPS) is 29.2. The van der Waals surface area contributed by atoms with Gasteiger partial charge in [0.2, 0.25) is 0 Å². The van der Waals surface area contributed by atoms with Crippen molar-refractivity contribution in [3.05, 3.63) is 29.3 Å². The Morgan fingerprint density at radius 2 is 2.09 bits per heavy atom. The van der Waals surface area contributed by atoms with Crippen LogP contribution >= 0.6 is 0 Å². The number of amides is 1. The van der Waals surface area contributed by atoms with E-state index in [4.69, 9.17) is 4.74 Å². The molecule has 3 aliphatic rings. The molecule has 2 fully saturated rings. The smallest absolute Gasteiger partial charge is 0.258 e. The predicted molar refractivity (Wildman–Crippen MR) is 86.0 cm³/mol. The molecule has 3 atom stereocenters. The number of fused-ring (bicyclic) bond motifs is 3. The third-order valence-electron chi connectivity index (χ3n) is 5.80. The molecule has 0 heterocycles. The summed E-state index contributed by atoms with van der Waals surface area (Å²) in [6, 6.07) is 6.65. The highest BCUT2D eigenvalue weighted by Crippen LogP contribution is 2.44. The monoisotopic (exact) mass is 299 g/mol. The first-order valence-corrected chi connectivity index (χ1v) is 8.82. The van der Waals surface area contributed by atoms with Crippen molar-refractivity contribution < 1.29 is 9.53 Å². The van der Waals surface area contributed by atoms with Crippen molar-refractivity contribution in [2.75, 3.05) is 6.61 Å². The molecule has 22 heavy (non-hydrogen) atoms. The molecule has 1 amide bonds. The average Bonchev–Trinajstić information content (AvgIpc) is 3.15. The maximum Gasteiger partial charge on any atom is 0.258 e. The average molecular weight is 299 g/mol. The van der Waals surface area contributed by atoms with Crippen LogP contribution in [0.25, 0.3) is 0 Å². The molecule has 1 N–H and O–H groups in total. The van der Waals surface area contributed by atoms with Crippen molar-refractivity contribution in [1.82, 2.24) is 5.32 Å². The maximum atomic E-state index is 12.2. The van der Waals surface area contributed by atoms with Crippen LogP contribution in [0, 0.1) is 11.8 Å². The van der Waals surface area contributed by atoms with Gasteiger partial charge in [-0.05, 0) is 74.0 Å². The lowest BCUT2D eigenvalue weighted by Crippen LogP contribution is -2.41. The summed E-state index contributed by atoms with van der Waals surface area (Å²) in [5, 5.41) is 3.20. The Labute approximate surface area is 132 Å². The van der Waals surface area contributed by atoms with E-state index in [1.807, 2.05) is 12.1 Å². The summed E-state index contributed by atoms with van der Waals surface area (Å²) < 4.78 is 5.84. The zero-order chi connectivity index (χ0) is 14.9. The summed E-state index contributed by atoms with van der Waals surface area (Å²) in [7, 11) is 0. The minimum atomic E-state index is 0.0472. The third kappa shape index (κ3) is 2.73. The summed E-state index contributed by atoms with van der Waals surface area (Å²) >= 11 is 0. The SMILES string of the molecule is O=C(COc1cccc2c1CCCC2)N[C@H]1C[C@@H]2CC[C@@H]1C2. The molecule has 0 aliphatic heterocycles. The minimum absolute atomic E-state index is 0.0472. The van der Waals surface area contributed by atoms with Gasteiger partial charge in [-0.2, -0.15) is 0 Å². The van der Waals surface area contributed by atoms with Crippen LogP contribution < -0.4 is 10.1 Å². The fourth-order valence-electron chi connectivity index (χ4n) is 4.69. The lowest BCUT2D eigenvalue weighted by Gasteiger charge is -2.23. The second kappa shape index (κ2) is 5.94. The Kier molecular flexibility index (Phi) is 3.81. The van der Waals surface area contributed by atoms with Gasteiger partial charge in [-0.1, -0.05) is 18.6 Å². The van der Waals surface area contributed by atoms with Crippen molar-refractivity contribution in [3.63, 3.8) is 0 Å². The highest BCUT2D eigenvalue weighted by atomic mass is 16.5. The third-order valence-corrected chi connectivity index (χ3v) is 5.80. The van der Waals surface area contributed by atoms with Crippen molar-refractivity contribution in [2.24, 2.45) is 11.8 Å². The van der Waals surface area contributed by atoms with Crippen LogP contribution in [-0.4, -0.2) is 18.6 Å². The summed E-state index contributed by atoms with van der Waals surface area (Å²) in [4.78, 5) is 12.2. The van der Waals surface area contributed by atoms with E-state index in [1.54, 1.807) is 0 Å². The molecule has 3 aliphatic carbocycles. The number of rotatable bonds is 4. The van der Waals surface area contributed by atoms with Crippen LogP contribution in [0.4, 0.5) is 0 Å². The van der Waals surface area contributed by atoms with Gasteiger partial charge < -0.3 is 10.1 Å². The number of nitrogens with one attached hydrogen (secondary N) is 1. The number of aryl methyl sites for hydroxylation is 1. The lowest BCUT2D eigenvalue weighted by atomic mass is 9.91. The van der Waals surface area contributed by atoms with Crippen LogP contribution in [0.3, 0.4) is 0 Å². The summed E-state index contributed by atoms with van der Waals surface area (Å²) in [6.45, 7) is 0.157. The number of hydrogen-bond acceptors (Lipinski definition) is 2. The molecule has 0 saturated heterocycles. The molecular formula is C19H25NO2. The first-order chi connectivity index (χ1) is 10.8. The number of hydrogen-bond donors (Lipinski definition) is 1. The van der Waals surface area contributed by atoms with Gasteiger partial charge in [0, 0.05) is 6.04 Å². The highest BCUT2D eigenvalue weighted by molar-refractivity contribution is 5.78. The molecule has 0 aromatic heterocycles. The fraction of sp³-hybridized carbons (Fsp3) is 0.632. The van der Waals surface area contributed by atoms with Crippen LogP contribution in [0.2, 0.25) is 0 Å². The molecule has 2 bridgehead atoms. The molecule has 0 spiro atoms. The van der Waals surface area contributed by atoms with Gasteiger partial charge in [0.1, 0.15) is 5.75 Å². The molecule has 3 heteroatoms. The van der Waals surface area contributed by atoms with Crippen molar-refractivity contribution in [1.29, 1.82) is 0 Å². The Hall–Kier alpha value is -1.51. The van der Waals surface area contributed by atoms with E-state index in [2.05, 4.69) is 11.4 Å². The standard InChI is InChI=1S/C19H25NO2/c21-19(20-17-11-13-8-9-15(17)10-13)12-22-18-7-3-5-14-4-1-2-6-16(14)18/h3,5,7,13,15,17H,1-2,4,6,8-12H2,(H,20,21)/t13-,15-,17+/m1/s1.